The van der Waals surface area contributed by atoms with Gasteiger partial charge < -0.3 is 19.3 Å². The third-order valence-electron chi connectivity index (χ3n) is 5.76. The van der Waals surface area contributed by atoms with E-state index in [9.17, 15) is 9.59 Å². The molecule has 146 valence electrons. The number of hydrogen-bond acceptors (Lipinski definition) is 4. The quantitative estimate of drug-likeness (QED) is 0.819. The molecule has 0 spiro atoms. The van der Waals surface area contributed by atoms with Gasteiger partial charge in [0, 0.05) is 44.4 Å². The van der Waals surface area contributed by atoms with E-state index in [1.807, 2.05) is 35.8 Å². The second-order valence-electron chi connectivity index (χ2n) is 8.21. The molecule has 0 saturated carbocycles. The Bertz CT molecular complexity index is 697. The Morgan fingerprint density at radius 2 is 1.89 bits per heavy atom. The van der Waals surface area contributed by atoms with Crippen molar-refractivity contribution in [1.29, 1.82) is 0 Å². The summed E-state index contributed by atoms with van der Waals surface area (Å²) < 4.78 is 11.3. The fourth-order valence-electron chi connectivity index (χ4n) is 4.29. The van der Waals surface area contributed by atoms with Gasteiger partial charge in [0.15, 0.2) is 5.78 Å². The van der Waals surface area contributed by atoms with Crippen LogP contribution in [-0.2, 0) is 9.53 Å². The predicted octanol–water partition coefficient (Wildman–Crippen LogP) is 2.67. The van der Waals surface area contributed by atoms with E-state index in [0.29, 0.717) is 18.9 Å². The lowest BCUT2D eigenvalue weighted by Crippen LogP contribution is -2.58. The van der Waals surface area contributed by atoms with Crippen molar-refractivity contribution in [3.05, 3.63) is 29.8 Å². The first-order valence-electron chi connectivity index (χ1n) is 9.93. The van der Waals surface area contributed by atoms with E-state index in [4.69, 9.17) is 9.47 Å². The number of carbonyl (C=O) groups is 2. The van der Waals surface area contributed by atoms with Crippen molar-refractivity contribution in [2.45, 2.75) is 44.8 Å². The standard InChI is InChI=1S/C21H28N2O4/c1-14(2)27-19-5-3-15(4-6-19)17-11-23(12-17)21(25)22-8-7-20-16(10-22)9-18(24)13-26-20/h3-6,14,16-17,20H,7-13H2,1-2H3/t16-,20+/m1/s1. The number of nitrogens with zero attached hydrogens (tertiary/aromatic N) is 2. The summed E-state index contributed by atoms with van der Waals surface area (Å²) in [6.07, 6.45) is 1.68. The molecule has 0 bridgehead atoms. The first-order valence-corrected chi connectivity index (χ1v) is 9.93. The molecule has 2 amide bonds. The van der Waals surface area contributed by atoms with E-state index < -0.39 is 0 Å². The number of amides is 2. The second kappa shape index (κ2) is 7.50. The molecule has 0 aromatic heterocycles. The van der Waals surface area contributed by atoms with Gasteiger partial charge in [-0.25, -0.2) is 4.79 Å². The molecule has 1 aromatic carbocycles. The molecule has 3 aliphatic heterocycles. The van der Waals surface area contributed by atoms with Crippen LogP contribution in [0.15, 0.2) is 24.3 Å². The van der Waals surface area contributed by atoms with Crippen LogP contribution in [0.5, 0.6) is 5.75 Å². The minimum Gasteiger partial charge on any atom is -0.491 e. The van der Waals surface area contributed by atoms with Crippen LogP contribution in [-0.4, -0.2) is 66.6 Å². The van der Waals surface area contributed by atoms with Crippen molar-refractivity contribution >= 4 is 11.8 Å². The number of ether oxygens (including phenoxy) is 2. The number of rotatable bonds is 3. The van der Waals surface area contributed by atoms with Crippen molar-refractivity contribution in [2.75, 3.05) is 32.8 Å². The van der Waals surface area contributed by atoms with Gasteiger partial charge in [-0.15, -0.1) is 0 Å². The van der Waals surface area contributed by atoms with E-state index in [-0.39, 0.29) is 36.5 Å². The molecule has 0 radical (unpaired) electrons. The third-order valence-corrected chi connectivity index (χ3v) is 5.76. The summed E-state index contributed by atoms with van der Waals surface area (Å²) >= 11 is 0. The summed E-state index contributed by atoms with van der Waals surface area (Å²) in [5.41, 5.74) is 1.25. The van der Waals surface area contributed by atoms with E-state index in [0.717, 1.165) is 31.8 Å². The zero-order chi connectivity index (χ0) is 19.0. The zero-order valence-corrected chi connectivity index (χ0v) is 16.1. The average molecular weight is 372 g/mol. The van der Waals surface area contributed by atoms with Crippen molar-refractivity contribution < 1.29 is 19.1 Å². The van der Waals surface area contributed by atoms with Crippen molar-refractivity contribution in [1.82, 2.24) is 9.80 Å². The highest BCUT2D eigenvalue weighted by molar-refractivity contribution is 5.81. The number of benzene rings is 1. The number of urea groups is 1. The van der Waals surface area contributed by atoms with Crippen molar-refractivity contribution in [3.8, 4) is 5.75 Å². The number of ketones is 1. The summed E-state index contributed by atoms with van der Waals surface area (Å²) in [4.78, 5) is 28.2. The lowest BCUT2D eigenvalue weighted by Gasteiger charge is -2.46. The topological polar surface area (TPSA) is 59.1 Å². The van der Waals surface area contributed by atoms with Crippen molar-refractivity contribution in [3.63, 3.8) is 0 Å². The highest BCUT2D eigenvalue weighted by Crippen LogP contribution is 2.32. The Balaban J connectivity index is 1.29. The SMILES string of the molecule is CC(C)Oc1ccc(C2CN(C(=O)N3CC[C@@H]4OCC(=O)C[C@@H]4C3)C2)cc1. The van der Waals surface area contributed by atoms with Gasteiger partial charge in [0.1, 0.15) is 12.4 Å². The summed E-state index contributed by atoms with van der Waals surface area (Å²) in [5, 5.41) is 0. The minimum atomic E-state index is 0.0995. The van der Waals surface area contributed by atoms with Crippen LogP contribution in [0.3, 0.4) is 0 Å². The highest BCUT2D eigenvalue weighted by Gasteiger charge is 2.40. The molecule has 3 fully saturated rings. The molecule has 0 N–H and O–H groups in total. The van der Waals surface area contributed by atoms with Crippen LogP contribution < -0.4 is 4.74 Å². The van der Waals surface area contributed by atoms with E-state index >= 15 is 0 Å². The van der Waals surface area contributed by atoms with Gasteiger partial charge in [-0.3, -0.25) is 4.79 Å². The fourth-order valence-corrected chi connectivity index (χ4v) is 4.29. The predicted molar refractivity (Wildman–Crippen MR) is 101 cm³/mol. The van der Waals surface area contributed by atoms with Gasteiger partial charge in [-0.05, 0) is 38.0 Å². The second-order valence-corrected chi connectivity index (χ2v) is 8.21. The molecule has 6 nitrogen and oxygen atoms in total. The Morgan fingerprint density at radius 3 is 2.59 bits per heavy atom. The molecule has 4 rings (SSSR count). The van der Waals surface area contributed by atoms with Gasteiger partial charge in [0.2, 0.25) is 0 Å². The molecular weight excluding hydrogens is 344 g/mol. The molecule has 0 aliphatic carbocycles. The normalized spacial score (nSPS) is 26.0. The molecule has 3 aliphatic rings. The van der Waals surface area contributed by atoms with Crippen LogP contribution in [0, 0.1) is 5.92 Å². The van der Waals surface area contributed by atoms with Gasteiger partial charge in [-0.1, -0.05) is 12.1 Å². The summed E-state index contributed by atoms with van der Waals surface area (Å²) in [7, 11) is 0. The van der Waals surface area contributed by atoms with E-state index in [2.05, 4.69) is 12.1 Å². The minimum absolute atomic E-state index is 0.0995. The van der Waals surface area contributed by atoms with Gasteiger partial charge in [0.05, 0.1) is 12.2 Å². The number of Topliss-reactive ketones (excluding diaryl/α,β-unsaturated/α-hetero) is 1. The summed E-state index contributed by atoms with van der Waals surface area (Å²) in [5.74, 6) is 1.58. The lowest BCUT2D eigenvalue weighted by molar-refractivity contribution is -0.140. The molecule has 3 saturated heterocycles. The highest BCUT2D eigenvalue weighted by atomic mass is 16.5. The molecule has 3 heterocycles. The fraction of sp³-hybridized carbons (Fsp3) is 0.619. The monoisotopic (exact) mass is 372 g/mol. The Labute approximate surface area is 160 Å². The molecule has 1 aromatic rings. The van der Waals surface area contributed by atoms with Gasteiger partial charge >= 0.3 is 6.03 Å². The van der Waals surface area contributed by atoms with E-state index in [1.54, 1.807) is 0 Å². The number of hydrogen-bond donors (Lipinski definition) is 0. The maximum Gasteiger partial charge on any atom is 0.320 e. The Kier molecular flexibility index (Phi) is 5.08. The Morgan fingerprint density at radius 1 is 1.15 bits per heavy atom. The van der Waals surface area contributed by atoms with Gasteiger partial charge in [-0.2, -0.15) is 0 Å². The summed E-state index contributed by atoms with van der Waals surface area (Å²) in [6.45, 7) is 7.13. The molecular formula is C21H28N2O4. The molecule has 27 heavy (non-hydrogen) atoms. The average Bonchev–Trinajstić information content (AvgIpc) is 2.60. The number of likely N-dealkylation sites (tertiary alicyclic amines) is 2. The zero-order valence-electron chi connectivity index (χ0n) is 16.1. The number of carbonyl (C=O) groups excluding carboxylic acids is 2. The van der Waals surface area contributed by atoms with E-state index in [1.165, 1.54) is 5.56 Å². The third kappa shape index (κ3) is 3.95. The number of fused-ring (bicyclic) bond motifs is 1. The molecule has 0 unspecified atom stereocenters. The maximum atomic E-state index is 12.8. The van der Waals surface area contributed by atoms with Crippen LogP contribution in [0.1, 0.15) is 38.2 Å². The first kappa shape index (κ1) is 18.3. The molecule has 6 heteroatoms. The summed E-state index contributed by atoms with van der Waals surface area (Å²) in [6, 6.07) is 8.30. The lowest BCUT2D eigenvalue weighted by atomic mass is 9.87. The van der Waals surface area contributed by atoms with Crippen LogP contribution in [0.2, 0.25) is 0 Å². The van der Waals surface area contributed by atoms with Crippen LogP contribution >= 0.6 is 0 Å². The van der Waals surface area contributed by atoms with Crippen molar-refractivity contribution in [2.24, 2.45) is 5.92 Å². The largest absolute Gasteiger partial charge is 0.491 e. The maximum absolute atomic E-state index is 12.8. The molecule has 2 atom stereocenters. The van der Waals surface area contributed by atoms with Crippen LogP contribution in [0.4, 0.5) is 4.79 Å². The number of piperidine rings is 1. The Hall–Kier alpha value is -2.08. The smallest absolute Gasteiger partial charge is 0.320 e. The van der Waals surface area contributed by atoms with Gasteiger partial charge in [0.25, 0.3) is 0 Å². The first-order chi connectivity index (χ1) is 13.0. The van der Waals surface area contributed by atoms with Crippen LogP contribution in [0.25, 0.3) is 0 Å².